The third-order valence-electron chi connectivity index (χ3n) is 1.22. The van der Waals surface area contributed by atoms with Crippen molar-refractivity contribution in [1.82, 2.24) is 0 Å². The first-order chi connectivity index (χ1) is 4.15. The lowest BCUT2D eigenvalue weighted by atomic mass is 10.2. The second kappa shape index (κ2) is 2.95. The Morgan fingerprint density at radius 1 is 0.800 bits per heavy atom. The largest absolute Gasteiger partial charge is 0.154 e. The van der Waals surface area contributed by atoms with Crippen molar-refractivity contribution in [1.29, 1.82) is 0 Å². The molecule has 0 nitrogen and oxygen atoms in total. The summed E-state index contributed by atoms with van der Waals surface area (Å²) >= 11 is 0. The number of hydrogen-bond donors (Lipinski definition) is 0. The van der Waals surface area contributed by atoms with Crippen LogP contribution >= 0.6 is 8.02 Å². The van der Waals surface area contributed by atoms with E-state index in [2.05, 4.69) is 49.6 Å². The third-order valence-corrected chi connectivity index (χ3v) is 7.35. The van der Waals surface area contributed by atoms with Crippen molar-refractivity contribution in [3.8, 4) is 0 Å². The van der Waals surface area contributed by atoms with Crippen molar-refractivity contribution in [2.75, 3.05) is 0 Å². The smallest absolute Gasteiger partial charge is 0.00658 e. The molecule has 0 amide bonds. The Morgan fingerprint density at radius 3 is 1.00 bits per heavy atom. The first-order valence-electron chi connectivity index (χ1n) is 3.61. The molecule has 0 unspecified atom stereocenters. The molecule has 0 N–H and O–H groups in total. The normalized spacial score (nSPS) is 14.3. The van der Waals surface area contributed by atoms with E-state index >= 15 is 0 Å². The van der Waals surface area contributed by atoms with Crippen LogP contribution in [-0.2, 0) is 10.1 Å². The maximum atomic E-state index is 3.80. The molecule has 0 aromatic rings. The maximum Gasteiger partial charge on any atom is 0.00658 e. The molecule has 62 valence electrons. The van der Waals surface area contributed by atoms with E-state index in [-0.39, 0.29) is 0 Å². The Bertz CT molecular complexity index is 120. The lowest BCUT2D eigenvalue weighted by molar-refractivity contribution is 0.734. The number of rotatable bonds is 0. The van der Waals surface area contributed by atoms with Gasteiger partial charge in [-0.05, 0) is 0 Å². The minimum Gasteiger partial charge on any atom is -0.154 e. The van der Waals surface area contributed by atoms with Gasteiger partial charge in [-0.2, -0.15) is 10.1 Å². The van der Waals surface area contributed by atoms with Crippen LogP contribution in [0, 0.1) is 0 Å². The van der Waals surface area contributed by atoms with Gasteiger partial charge >= 0.3 is 0 Å². The Labute approximate surface area is 69.6 Å². The average molecular weight is 178 g/mol. The summed E-state index contributed by atoms with van der Waals surface area (Å²) in [5.41, 5.74) is 0. The van der Waals surface area contributed by atoms with Gasteiger partial charge in [0.05, 0.1) is 0 Å². The van der Waals surface area contributed by atoms with E-state index in [0.717, 1.165) is 0 Å². The quantitative estimate of drug-likeness (QED) is 0.499. The minimum absolute atomic E-state index is 0.301. The van der Waals surface area contributed by atoms with E-state index in [4.69, 9.17) is 0 Å². The van der Waals surface area contributed by atoms with Gasteiger partial charge in [0.15, 0.2) is 0 Å². The zero-order valence-electron chi connectivity index (χ0n) is 7.91. The van der Waals surface area contributed by atoms with E-state index in [0.29, 0.717) is 19.6 Å². The molecule has 10 heavy (non-hydrogen) atoms. The van der Waals surface area contributed by atoms with Crippen molar-refractivity contribution < 1.29 is 0 Å². The van der Waals surface area contributed by atoms with Crippen LogP contribution in [0.5, 0.6) is 0 Å². The molecule has 0 aromatic heterocycles. The molecule has 0 bridgehead atoms. The van der Waals surface area contributed by atoms with Crippen LogP contribution < -0.4 is 0 Å². The summed E-state index contributed by atoms with van der Waals surface area (Å²) in [7, 11) is 4.10. The van der Waals surface area contributed by atoms with Gasteiger partial charge in [0.2, 0.25) is 0 Å². The molecule has 0 saturated carbocycles. The van der Waals surface area contributed by atoms with E-state index in [1.165, 1.54) is 0 Å². The van der Waals surface area contributed by atoms with Crippen LogP contribution in [-0.4, -0.2) is 9.49 Å². The predicted molar refractivity (Wildman–Crippen MR) is 55.2 cm³/mol. The van der Waals surface area contributed by atoms with E-state index in [1.807, 2.05) is 0 Å². The summed E-state index contributed by atoms with van der Waals surface area (Å²) in [4.78, 5) is 0. The first kappa shape index (κ1) is 10.7. The monoisotopic (exact) mass is 178 g/mol. The van der Waals surface area contributed by atoms with Gasteiger partial charge in [-0.1, -0.05) is 49.6 Å². The van der Waals surface area contributed by atoms with Gasteiger partial charge in [-0.15, -0.1) is 0 Å². The summed E-state index contributed by atoms with van der Waals surface area (Å²) in [6.45, 7) is 13.6. The topological polar surface area (TPSA) is 0 Å². The molecule has 0 spiro atoms. The van der Waals surface area contributed by atoms with E-state index < -0.39 is 0 Å². The van der Waals surface area contributed by atoms with Crippen molar-refractivity contribution in [2.24, 2.45) is 0 Å². The van der Waals surface area contributed by atoms with Gasteiger partial charge in [0, 0.05) is 9.49 Å². The highest BCUT2D eigenvalue weighted by molar-refractivity contribution is 8.17. The van der Waals surface area contributed by atoms with Crippen LogP contribution in [0.1, 0.15) is 41.5 Å². The standard InChI is InChI=1S/C8H19PS/c1-7(2,3)10(9)8(4,5)6/h9H,1-6H3. The lowest BCUT2D eigenvalue weighted by Crippen LogP contribution is -2.33. The summed E-state index contributed by atoms with van der Waals surface area (Å²) in [6, 6.07) is 0. The number of hydrogen-bond acceptors (Lipinski definition) is 0. The molecule has 0 aliphatic heterocycles. The summed E-state index contributed by atoms with van der Waals surface area (Å²) in [5, 5.41) is 0. The molecule has 0 heterocycles. The molecule has 0 saturated heterocycles. The van der Waals surface area contributed by atoms with Crippen molar-refractivity contribution in [3.05, 3.63) is 0 Å². The van der Waals surface area contributed by atoms with Gasteiger partial charge in [0.1, 0.15) is 0 Å². The maximum absolute atomic E-state index is 3.80. The zero-order valence-corrected chi connectivity index (χ0v) is 9.72. The Hall–Kier alpha value is 0.650. The fraction of sp³-hybridized carbons (Fsp3) is 1.00. The van der Waals surface area contributed by atoms with Crippen LogP contribution in [0.4, 0.5) is 0 Å². The second-order valence-corrected chi connectivity index (χ2v) is 8.82. The molecule has 0 radical (unpaired) electrons. The van der Waals surface area contributed by atoms with E-state index in [9.17, 15) is 0 Å². The predicted octanol–water partition coefficient (Wildman–Crippen LogP) is 3.26. The molecular weight excluding hydrogens is 159 g/mol. The fourth-order valence-electron chi connectivity index (χ4n) is 0.919. The van der Waals surface area contributed by atoms with Gasteiger partial charge < -0.3 is 0 Å². The fourth-order valence-corrected chi connectivity index (χ4v) is 2.76. The minimum atomic E-state index is 0.301. The highest BCUT2D eigenvalue weighted by atomic mass is 32.5. The van der Waals surface area contributed by atoms with Crippen LogP contribution in [0.2, 0.25) is 0 Å². The summed E-state index contributed by atoms with van der Waals surface area (Å²) in [5.74, 6) is 0. The van der Waals surface area contributed by atoms with E-state index in [1.54, 1.807) is 0 Å². The molecule has 0 rings (SSSR count). The molecule has 2 heteroatoms. The van der Waals surface area contributed by atoms with Crippen LogP contribution in [0.3, 0.4) is 0 Å². The highest BCUT2D eigenvalue weighted by Crippen LogP contribution is 2.27. The Balaban J connectivity index is 4.40. The van der Waals surface area contributed by atoms with Gasteiger partial charge in [-0.25, -0.2) is 0 Å². The lowest BCUT2D eigenvalue weighted by Gasteiger charge is -2.33. The van der Waals surface area contributed by atoms with Gasteiger partial charge in [0.25, 0.3) is 0 Å². The average Bonchev–Trinajstić information content (AvgIpc) is 1.59. The molecule has 0 fully saturated rings. The third kappa shape index (κ3) is 3.16. The first-order valence-corrected chi connectivity index (χ1v) is 6.06. The van der Waals surface area contributed by atoms with Crippen molar-refractivity contribution in [2.45, 2.75) is 51.0 Å². The Morgan fingerprint density at radius 2 is 1.00 bits per heavy atom. The van der Waals surface area contributed by atoms with Gasteiger partial charge in [-0.3, -0.25) is 0 Å². The second-order valence-electron chi connectivity index (χ2n) is 4.53. The molecule has 0 atom stereocenters. The summed E-state index contributed by atoms with van der Waals surface area (Å²) < 4.78 is 0.768. The zero-order chi connectivity index (χ0) is 8.58. The summed E-state index contributed by atoms with van der Waals surface area (Å²) in [6.07, 6.45) is 0. The van der Waals surface area contributed by atoms with Crippen molar-refractivity contribution >= 4 is 18.1 Å². The van der Waals surface area contributed by atoms with Crippen LogP contribution in [0.25, 0.3) is 0 Å². The SMILES string of the molecule is CC(C)(C)S(=P)C(C)(C)C. The Kier molecular flexibility index (Phi) is 3.14. The van der Waals surface area contributed by atoms with Crippen LogP contribution in [0.15, 0.2) is 0 Å². The molecular formula is C8H19PS. The highest BCUT2D eigenvalue weighted by Gasteiger charge is 2.24. The molecule has 0 aliphatic rings. The van der Waals surface area contributed by atoms with Crippen molar-refractivity contribution in [3.63, 3.8) is 0 Å². The molecule has 0 aromatic carbocycles. The molecule has 0 aliphatic carbocycles.